The van der Waals surface area contributed by atoms with Crippen LogP contribution in [-0.4, -0.2) is 6.54 Å². The minimum absolute atomic E-state index is 0.215. The van der Waals surface area contributed by atoms with Gasteiger partial charge in [-0.25, -0.2) is 13.2 Å². The molecule has 0 amide bonds. The van der Waals surface area contributed by atoms with E-state index in [2.05, 4.69) is 5.32 Å². The van der Waals surface area contributed by atoms with E-state index in [1.165, 1.54) is 6.07 Å². The fraction of sp³-hybridized carbons (Fsp3) is 0.571. The Balaban J connectivity index is 2.32. The average Bonchev–Trinajstić information content (AvgIpc) is 2.88. The second-order valence-corrected chi connectivity index (χ2v) is 4.84. The molecule has 0 radical (unpaired) electrons. The van der Waals surface area contributed by atoms with Gasteiger partial charge in [0.1, 0.15) is 0 Å². The normalized spacial score (nSPS) is 18.2. The quantitative estimate of drug-likeness (QED) is 0.805. The molecule has 0 saturated heterocycles. The minimum Gasteiger partial charge on any atom is -0.310 e. The van der Waals surface area contributed by atoms with Crippen molar-refractivity contribution in [1.82, 2.24) is 5.32 Å². The maximum atomic E-state index is 13.8. The second-order valence-electron chi connectivity index (χ2n) is 4.84. The molecule has 0 spiro atoms. The van der Waals surface area contributed by atoms with Gasteiger partial charge in [0, 0.05) is 11.6 Å². The number of benzene rings is 1. The van der Waals surface area contributed by atoms with Crippen LogP contribution in [0.4, 0.5) is 13.2 Å². The van der Waals surface area contributed by atoms with E-state index in [1.54, 1.807) is 0 Å². The van der Waals surface area contributed by atoms with Gasteiger partial charge in [-0.05, 0) is 31.4 Å². The summed E-state index contributed by atoms with van der Waals surface area (Å²) in [5, 5.41) is 3.20. The highest BCUT2D eigenvalue weighted by Crippen LogP contribution is 2.37. The van der Waals surface area contributed by atoms with E-state index in [4.69, 9.17) is 0 Å². The van der Waals surface area contributed by atoms with Crippen molar-refractivity contribution in [3.8, 4) is 0 Å². The topological polar surface area (TPSA) is 12.0 Å². The molecule has 1 aromatic carbocycles. The van der Waals surface area contributed by atoms with Gasteiger partial charge in [0.2, 0.25) is 0 Å². The van der Waals surface area contributed by atoms with Crippen molar-refractivity contribution in [3.05, 3.63) is 35.1 Å². The van der Waals surface area contributed by atoms with Gasteiger partial charge >= 0.3 is 0 Å². The molecule has 0 aromatic heterocycles. The van der Waals surface area contributed by atoms with Crippen molar-refractivity contribution in [3.63, 3.8) is 0 Å². The lowest BCUT2D eigenvalue weighted by molar-refractivity contribution is 0.352. The Morgan fingerprint density at radius 3 is 2.44 bits per heavy atom. The molecule has 2 rings (SSSR count). The Kier molecular flexibility index (Phi) is 4.27. The Bertz CT molecular complexity index is 414. The van der Waals surface area contributed by atoms with Crippen LogP contribution in [0.1, 0.15) is 44.2 Å². The van der Waals surface area contributed by atoms with E-state index in [0.717, 1.165) is 31.7 Å². The molecule has 1 aromatic rings. The van der Waals surface area contributed by atoms with Crippen molar-refractivity contribution in [2.75, 3.05) is 6.54 Å². The standard InChI is InChI=1S/C14H18F3N/c1-2-18-14(9-5-3-4-6-9)10-7-8-11(15)13(17)12(10)16/h7-9,14,18H,2-6H2,1H3. The molecule has 0 heterocycles. The highest BCUT2D eigenvalue weighted by atomic mass is 19.2. The Labute approximate surface area is 105 Å². The zero-order chi connectivity index (χ0) is 13.1. The number of nitrogens with one attached hydrogen (secondary N) is 1. The molecule has 1 unspecified atom stereocenters. The van der Waals surface area contributed by atoms with Crippen molar-refractivity contribution in [2.24, 2.45) is 5.92 Å². The predicted octanol–water partition coefficient (Wildman–Crippen LogP) is 3.94. The Hall–Kier alpha value is -1.03. The van der Waals surface area contributed by atoms with Crippen LogP contribution in [0, 0.1) is 23.4 Å². The van der Waals surface area contributed by atoms with Crippen molar-refractivity contribution >= 4 is 0 Å². The summed E-state index contributed by atoms with van der Waals surface area (Å²) in [7, 11) is 0. The summed E-state index contributed by atoms with van der Waals surface area (Å²) in [6, 6.07) is 2.15. The van der Waals surface area contributed by atoms with E-state index in [9.17, 15) is 13.2 Å². The first-order valence-electron chi connectivity index (χ1n) is 6.52. The summed E-state index contributed by atoms with van der Waals surface area (Å²) in [6.07, 6.45) is 4.27. The molecule has 1 aliphatic rings. The third-order valence-corrected chi connectivity index (χ3v) is 3.70. The minimum atomic E-state index is -1.37. The average molecular weight is 257 g/mol. The zero-order valence-corrected chi connectivity index (χ0v) is 10.5. The van der Waals surface area contributed by atoms with Crippen LogP contribution in [0.3, 0.4) is 0 Å². The number of halogens is 3. The van der Waals surface area contributed by atoms with Gasteiger partial charge in [-0.1, -0.05) is 25.8 Å². The highest BCUT2D eigenvalue weighted by molar-refractivity contribution is 5.24. The van der Waals surface area contributed by atoms with Crippen molar-refractivity contribution < 1.29 is 13.2 Å². The molecule has 1 atom stereocenters. The van der Waals surface area contributed by atoms with Crippen LogP contribution >= 0.6 is 0 Å². The molecule has 18 heavy (non-hydrogen) atoms. The van der Waals surface area contributed by atoms with Gasteiger partial charge in [0.05, 0.1) is 0 Å². The summed E-state index contributed by atoms with van der Waals surface area (Å²) < 4.78 is 40.1. The molecular weight excluding hydrogens is 239 g/mol. The number of hydrogen-bond acceptors (Lipinski definition) is 1. The molecule has 1 saturated carbocycles. The maximum absolute atomic E-state index is 13.8. The first kappa shape index (κ1) is 13.4. The highest BCUT2D eigenvalue weighted by Gasteiger charge is 2.29. The molecule has 1 aliphatic carbocycles. The Morgan fingerprint density at radius 1 is 1.17 bits per heavy atom. The van der Waals surface area contributed by atoms with E-state index < -0.39 is 17.5 Å². The predicted molar refractivity (Wildman–Crippen MR) is 64.7 cm³/mol. The van der Waals surface area contributed by atoms with Crippen LogP contribution in [0.25, 0.3) is 0 Å². The molecule has 4 heteroatoms. The number of hydrogen-bond donors (Lipinski definition) is 1. The first-order valence-corrected chi connectivity index (χ1v) is 6.52. The van der Waals surface area contributed by atoms with Gasteiger partial charge in [-0.3, -0.25) is 0 Å². The SMILES string of the molecule is CCNC(c1ccc(F)c(F)c1F)C1CCCC1. The second kappa shape index (κ2) is 5.74. The van der Waals surface area contributed by atoms with E-state index in [-0.39, 0.29) is 11.6 Å². The van der Waals surface area contributed by atoms with Gasteiger partial charge in [0.25, 0.3) is 0 Å². The molecule has 0 bridgehead atoms. The van der Waals surface area contributed by atoms with E-state index >= 15 is 0 Å². The summed E-state index contributed by atoms with van der Waals surface area (Å²) >= 11 is 0. The maximum Gasteiger partial charge on any atom is 0.194 e. The fourth-order valence-corrected chi connectivity index (χ4v) is 2.82. The smallest absolute Gasteiger partial charge is 0.194 e. The summed E-state index contributed by atoms with van der Waals surface area (Å²) in [4.78, 5) is 0. The van der Waals surface area contributed by atoms with E-state index in [0.29, 0.717) is 12.5 Å². The summed E-state index contributed by atoms with van der Waals surface area (Å²) in [5.41, 5.74) is 0.252. The van der Waals surface area contributed by atoms with Crippen LogP contribution in [0.2, 0.25) is 0 Å². The molecule has 1 fully saturated rings. The van der Waals surface area contributed by atoms with Gasteiger partial charge in [-0.15, -0.1) is 0 Å². The molecular formula is C14H18F3N. The lowest BCUT2D eigenvalue weighted by atomic mass is 9.91. The zero-order valence-electron chi connectivity index (χ0n) is 10.5. The van der Waals surface area contributed by atoms with E-state index in [1.807, 2.05) is 6.92 Å². The van der Waals surface area contributed by atoms with Crippen LogP contribution in [-0.2, 0) is 0 Å². The third kappa shape index (κ3) is 2.53. The lowest BCUT2D eigenvalue weighted by Crippen LogP contribution is -2.28. The fourth-order valence-electron chi connectivity index (χ4n) is 2.82. The molecule has 100 valence electrons. The van der Waals surface area contributed by atoms with Gasteiger partial charge in [-0.2, -0.15) is 0 Å². The Morgan fingerprint density at radius 2 is 1.83 bits per heavy atom. The van der Waals surface area contributed by atoms with Gasteiger partial charge < -0.3 is 5.32 Å². The molecule has 1 N–H and O–H groups in total. The van der Waals surface area contributed by atoms with Gasteiger partial charge in [0.15, 0.2) is 17.5 Å². The van der Waals surface area contributed by atoms with Crippen molar-refractivity contribution in [1.29, 1.82) is 0 Å². The number of rotatable bonds is 4. The largest absolute Gasteiger partial charge is 0.310 e. The third-order valence-electron chi connectivity index (χ3n) is 3.70. The molecule has 0 aliphatic heterocycles. The summed E-state index contributed by atoms with van der Waals surface area (Å²) in [5.74, 6) is -3.23. The summed E-state index contributed by atoms with van der Waals surface area (Å²) in [6.45, 7) is 2.61. The molecule has 1 nitrogen and oxygen atoms in total. The monoisotopic (exact) mass is 257 g/mol. The first-order chi connectivity index (χ1) is 8.65. The lowest BCUT2D eigenvalue weighted by Gasteiger charge is -2.25. The van der Waals surface area contributed by atoms with Crippen LogP contribution in [0.15, 0.2) is 12.1 Å². The van der Waals surface area contributed by atoms with Crippen LogP contribution in [0.5, 0.6) is 0 Å². The van der Waals surface area contributed by atoms with Crippen LogP contribution < -0.4 is 5.32 Å². The van der Waals surface area contributed by atoms with Crippen molar-refractivity contribution in [2.45, 2.75) is 38.6 Å².